The predicted molar refractivity (Wildman–Crippen MR) is 119 cm³/mol. The fraction of sp³-hybridized carbons (Fsp3) is 0.304. The lowest BCUT2D eigenvalue weighted by molar-refractivity contribution is -0.116. The molecule has 0 unspecified atom stereocenters. The third kappa shape index (κ3) is 4.11. The minimum Gasteiger partial charge on any atom is -0.497 e. The third-order valence-corrected chi connectivity index (χ3v) is 6.61. The molecule has 30 heavy (non-hydrogen) atoms. The molecule has 1 aliphatic carbocycles. The summed E-state index contributed by atoms with van der Waals surface area (Å²) in [4.78, 5) is 28.7. The van der Waals surface area contributed by atoms with Gasteiger partial charge in [-0.15, -0.1) is 11.3 Å². The van der Waals surface area contributed by atoms with Crippen molar-refractivity contribution in [1.29, 1.82) is 0 Å². The molecule has 0 atom stereocenters. The van der Waals surface area contributed by atoms with Crippen LogP contribution in [-0.4, -0.2) is 42.0 Å². The Hall–Kier alpha value is -3.06. The van der Waals surface area contributed by atoms with Crippen LogP contribution >= 0.6 is 11.3 Å². The Morgan fingerprint density at radius 1 is 1.13 bits per heavy atom. The SMILES string of the molecule is COc1ccc(NC(=O)CN(C)C(=O)c2c(-n3cccc3)sc3c2CCCC3)cc1. The molecule has 0 aliphatic heterocycles. The number of rotatable bonds is 6. The van der Waals surface area contributed by atoms with Crippen molar-refractivity contribution >= 4 is 28.8 Å². The molecular weight excluding hydrogens is 398 g/mol. The van der Waals surface area contributed by atoms with Gasteiger partial charge in [0.1, 0.15) is 10.8 Å². The number of ether oxygens (including phenoxy) is 1. The van der Waals surface area contributed by atoms with Crippen molar-refractivity contribution in [2.24, 2.45) is 0 Å². The van der Waals surface area contributed by atoms with Crippen LogP contribution in [0.15, 0.2) is 48.8 Å². The zero-order valence-corrected chi connectivity index (χ0v) is 18.0. The van der Waals surface area contributed by atoms with Crippen molar-refractivity contribution in [3.05, 3.63) is 64.8 Å². The van der Waals surface area contributed by atoms with Gasteiger partial charge in [-0.05, 0) is 67.6 Å². The van der Waals surface area contributed by atoms with Gasteiger partial charge in [-0.1, -0.05) is 0 Å². The molecule has 6 nitrogen and oxygen atoms in total. The van der Waals surface area contributed by atoms with Crippen LogP contribution in [0.4, 0.5) is 5.69 Å². The Balaban J connectivity index is 1.52. The highest BCUT2D eigenvalue weighted by Crippen LogP contribution is 2.37. The molecule has 0 bridgehead atoms. The van der Waals surface area contributed by atoms with Gasteiger partial charge >= 0.3 is 0 Å². The van der Waals surface area contributed by atoms with E-state index in [0.717, 1.165) is 47.6 Å². The first-order chi connectivity index (χ1) is 14.6. The molecule has 0 radical (unpaired) electrons. The number of likely N-dealkylation sites (N-methyl/N-ethyl adjacent to an activating group) is 1. The van der Waals surface area contributed by atoms with Crippen molar-refractivity contribution in [1.82, 2.24) is 9.47 Å². The predicted octanol–water partition coefficient (Wildman–Crippen LogP) is 4.14. The summed E-state index contributed by atoms with van der Waals surface area (Å²) in [5.74, 6) is 0.380. The molecule has 156 valence electrons. The number of thiophene rings is 1. The third-order valence-electron chi connectivity index (χ3n) is 5.31. The van der Waals surface area contributed by atoms with Crippen LogP contribution in [0.3, 0.4) is 0 Å². The molecule has 2 amide bonds. The van der Waals surface area contributed by atoms with E-state index in [-0.39, 0.29) is 18.4 Å². The Morgan fingerprint density at radius 2 is 1.83 bits per heavy atom. The highest BCUT2D eigenvalue weighted by atomic mass is 32.1. The number of carbonyl (C=O) groups excluding carboxylic acids is 2. The van der Waals surface area contributed by atoms with Gasteiger partial charge in [0.05, 0.1) is 19.2 Å². The molecular formula is C23H25N3O3S. The number of anilines is 1. The Morgan fingerprint density at radius 3 is 2.53 bits per heavy atom. The van der Waals surface area contributed by atoms with Crippen LogP contribution in [0.25, 0.3) is 5.00 Å². The summed E-state index contributed by atoms with van der Waals surface area (Å²) in [6, 6.07) is 11.0. The fourth-order valence-electron chi connectivity index (χ4n) is 3.78. The van der Waals surface area contributed by atoms with Crippen LogP contribution < -0.4 is 10.1 Å². The molecule has 1 N–H and O–H groups in total. The van der Waals surface area contributed by atoms with E-state index < -0.39 is 0 Å². The van der Waals surface area contributed by atoms with E-state index in [2.05, 4.69) is 5.32 Å². The fourth-order valence-corrected chi connectivity index (χ4v) is 5.12. The van der Waals surface area contributed by atoms with Crippen molar-refractivity contribution < 1.29 is 14.3 Å². The zero-order valence-electron chi connectivity index (χ0n) is 17.2. The summed E-state index contributed by atoms with van der Waals surface area (Å²) >= 11 is 1.69. The Labute approximate surface area is 180 Å². The number of aromatic nitrogens is 1. The van der Waals surface area contributed by atoms with E-state index in [4.69, 9.17) is 4.74 Å². The molecule has 0 spiro atoms. The highest BCUT2D eigenvalue weighted by molar-refractivity contribution is 7.15. The second-order valence-electron chi connectivity index (χ2n) is 7.42. The quantitative estimate of drug-likeness (QED) is 0.648. The van der Waals surface area contributed by atoms with E-state index in [1.54, 1.807) is 49.8 Å². The van der Waals surface area contributed by atoms with Crippen LogP contribution in [0.5, 0.6) is 5.75 Å². The summed E-state index contributed by atoms with van der Waals surface area (Å²) in [6.07, 6.45) is 8.11. The standard InChI is InChI=1S/C23H25N3O3S/c1-25(15-20(27)24-16-9-11-17(29-2)12-10-16)22(28)21-18-7-3-4-8-19(18)30-23(21)26-13-5-6-14-26/h5-6,9-14H,3-4,7-8,15H2,1-2H3,(H,24,27). The number of benzene rings is 1. The van der Waals surface area contributed by atoms with E-state index in [1.165, 1.54) is 9.78 Å². The first-order valence-electron chi connectivity index (χ1n) is 10.0. The Bertz CT molecular complexity index is 1040. The number of hydrogen-bond donors (Lipinski definition) is 1. The number of amides is 2. The maximum absolute atomic E-state index is 13.4. The number of fused-ring (bicyclic) bond motifs is 1. The van der Waals surface area contributed by atoms with E-state index in [1.807, 2.05) is 29.1 Å². The summed E-state index contributed by atoms with van der Waals surface area (Å²) < 4.78 is 7.13. The van der Waals surface area contributed by atoms with Crippen molar-refractivity contribution in [3.8, 4) is 10.8 Å². The van der Waals surface area contributed by atoms with Crippen LogP contribution in [0.1, 0.15) is 33.6 Å². The van der Waals surface area contributed by atoms with E-state index in [0.29, 0.717) is 5.69 Å². The maximum atomic E-state index is 13.4. The van der Waals surface area contributed by atoms with Gasteiger partial charge in [-0.2, -0.15) is 0 Å². The lowest BCUT2D eigenvalue weighted by atomic mass is 9.95. The molecule has 2 aromatic heterocycles. The number of methoxy groups -OCH3 is 1. The summed E-state index contributed by atoms with van der Waals surface area (Å²) in [5.41, 5.74) is 2.57. The average molecular weight is 424 g/mol. The van der Waals surface area contributed by atoms with Crippen LogP contribution in [0.2, 0.25) is 0 Å². The number of nitrogens with zero attached hydrogens (tertiary/aromatic N) is 2. The number of nitrogens with one attached hydrogen (secondary N) is 1. The minimum atomic E-state index is -0.234. The normalized spacial score (nSPS) is 12.9. The summed E-state index contributed by atoms with van der Waals surface area (Å²) in [5, 5.41) is 3.78. The summed E-state index contributed by atoms with van der Waals surface area (Å²) in [7, 11) is 3.28. The van der Waals surface area contributed by atoms with Crippen LogP contribution in [0, 0.1) is 0 Å². The average Bonchev–Trinajstić information content (AvgIpc) is 3.41. The highest BCUT2D eigenvalue weighted by Gasteiger charge is 2.28. The van der Waals surface area contributed by atoms with Gasteiger partial charge in [-0.3, -0.25) is 9.59 Å². The molecule has 4 rings (SSSR count). The maximum Gasteiger partial charge on any atom is 0.257 e. The molecule has 2 heterocycles. The number of hydrogen-bond acceptors (Lipinski definition) is 4. The van der Waals surface area contributed by atoms with Gasteiger partial charge in [0.2, 0.25) is 5.91 Å². The number of aryl methyl sites for hydroxylation is 1. The molecule has 7 heteroatoms. The van der Waals surface area contributed by atoms with E-state index in [9.17, 15) is 9.59 Å². The second-order valence-corrected chi connectivity index (χ2v) is 8.50. The van der Waals surface area contributed by atoms with Gasteiger partial charge in [0.25, 0.3) is 5.91 Å². The first kappa shape index (κ1) is 20.2. The molecule has 1 aromatic carbocycles. The zero-order chi connectivity index (χ0) is 21.1. The molecule has 1 aliphatic rings. The van der Waals surface area contributed by atoms with Crippen LogP contribution in [-0.2, 0) is 17.6 Å². The van der Waals surface area contributed by atoms with E-state index >= 15 is 0 Å². The van der Waals surface area contributed by atoms with Gasteiger partial charge in [0, 0.05) is 30.0 Å². The topological polar surface area (TPSA) is 63.6 Å². The molecule has 0 fully saturated rings. The smallest absolute Gasteiger partial charge is 0.257 e. The second kappa shape index (κ2) is 8.75. The first-order valence-corrected chi connectivity index (χ1v) is 10.9. The Kier molecular flexibility index (Phi) is 5.90. The van der Waals surface area contributed by atoms with Crippen molar-refractivity contribution in [3.63, 3.8) is 0 Å². The van der Waals surface area contributed by atoms with Gasteiger partial charge in [0.15, 0.2) is 0 Å². The molecule has 0 saturated heterocycles. The monoisotopic (exact) mass is 423 g/mol. The van der Waals surface area contributed by atoms with Gasteiger partial charge in [-0.25, -0.2) is 0 Å². The van der Waals surface area contributed by atoms with Gasteiger partial charge < -0.3 is 19.5 Å². The lowest BCUT2D eigenvalue weighted by Crippen LogP contribution is -2.35. The lowest BCUT2D eigenvalue weighted by Gasteiger charge is -2.20. The number of carbonyl (C=O) groups is 2. The molecule has 3 aromatic rings. The molecule has 0 saturated carbocycles. The summed E-state index contributed by atoms with van der Waals surface area (Å²) in [6.45, 7) is -0.0133. The van der Waals surface area contributed by atoms with Crippen molar-refractivity contribution in [2.75, 3.05) is 26.0 Å². The minimum absolute atomic E-state index is 0.0133. The largest absolute Gasteiger partial charge is 0.497 e. The van der Waals surface area contributed by atoms with Crippen molar-refractivity contribution in [2.45, 2.75) is 25.7 Å².